The van der Waals surface area contributed by atoms with Crippen LogP contribution in [0.25, 0.3) is 10.6 Å². The summed E-state index contributed by atoms with van der Waals surface area (Å²) in [7, 11) is 0. The quantitative estimate of drug-likeness (QED) is 0.946. The van der Waals surface area contributed by atoms with Crippen LogP contribution in [0.5, 0.6) is 0 Å². The average Bonchev–Trinajstić information content (AvgIpc) is 3.09. The predicted octanol–water partition coefficient (Wildman–Crippen LogP) is 2.68. The third-order valence-corrected chi connectivity index (χ3v) is 5.99. The van der Waals surface area contributed by atoms with E-state index in [1.807, 2.05) is 6.92 Å². The molecule has 5 rings (SSSR count). The second kappa shape index (κ2) is 5.72. The molecule has 3 fully saturated rings. The van der Waals surface area contributed by atoms with Gasteiger partial charge in [-0.1, -0.05) is 6.07 Å². The van der Waals surface area contributed by atoms with Crippen molar-refractivity contribution in [1.82, 2.24) is 14.9 Å². The molecule has 2 aromatic heterocycles. The Hall–Kier alpha value is -1.30. The van der Waals surface area contributed by atoms with Crippen molar-refractivity contribution in [3.63, 3.8) is 0 Å². The summed E-state index contributed by atoms with van der Waals surface area (Å²) in [4.78, 5) is 13.0. The summed E-state index contributed by atoms with van der Waals surface area (Å²) in [5.74, 6) is 1.99. The van der Waals surface area contributed by atoms with Crippen LogP contribution in [0.2, 0.25) is 0 Å². The monoisotopic (exact) mass is 315 g/mol. The number of aryl methyl sites for hydroxylation is 1. The Morgan fingerprint density at radius 2 is 2.32 bits per heavy atom. The fourth-order valence-electron chi connectivity index (χ4n) is 3.99. The number of nitrogens with zero attached hydrogens (tertiary/aromatic N) is 3. The van der Waals surface area contributed by atoms with Crippen molar-refractivity contribution in [3.05, 3.63) is 35.1 Å². The zero-order valence-corrected chi connectivity index (χ0v) is 13.6. The number of rotatable bonds is 3. The van der Waals surface area contributed by atoms with Gasteiger partial charge in [-0.05, 0) is 49.7 Å². The van der Waals surface area contributed by atoms with Gasteiger partial charge in [-0.3, -0.25) is 4.90 Å². The van der Waals surface area contributed by atoms with Crippen LogP contribution in [0.4, 0.5) is 0 Å². The maximum absolute atomic E-state index is 9.52. The summed E-state index contributed by atoms with van der Waals surface area (Å²) in [5, 5.41) is 11.6. The summed E-state index contributed by atoms with van der Waals surface area (Å²) < 4.78 is 0. The molecule has 22 heavy (non-hydrogen) atoms. The molecule has 3 saturated heterocycles. The van der Waals surface area contributed by atoms with Crippen LogP contribution >= 0.6 is 11.3 Å². The van der Waals surface area contributed by atoms with E-state index >= 15 is 0 Å². The lowest BCUT2D eigenvalue weighted by Gasteiger charge is -2.49. The van der Waals surface area contributed by atoms with Crippen molar-refractivity contribution in [1.29, 1.82) is 0 Å². The number of aliphatic hydroxyl groups excluding tert-OH is 1. The Balaban J connectivity index is 1.66. The van der Waals surface area contributed by atoms with Gasteiger partial charge >= 0.3 is 0 Å². The van der Waals surface area contributed by atoms with Crippen molar-refractivity contribution in [2.45, 2.75) is 31.7 Å². The van der Waals surface area contributed by atoms with Crippen LogP contribution in [0, 0.1) is 12.8 Å². The standard InChI is InChI=1S/C17H21N3OS/c1-11-18-15(8-16(19-11)17-3-2-6-22-17)14-9-20-5-4-12(14)7-13(20)10-21/h2-3,6,8,12-14,21H,4-5,7,9-10H2,1H3/t12-,13+,14+/m0/s1. The third kappa shape index (κ3) is 2.47. The van der Waals surface area contributed by atoms with E-state index in [2.05, 4.69) is 33.5 Å². The minimum absolute atomic E-state index is 0.284. The van der Waals surface area contributed by atoms with Gasteiger partial charge in [0.25, 0.3) is 0 Å². The maximum atomic E-state index is 9.52. The summed E-state index contributed by atoms with van der Waals surface area (Å²) in [6.07, 6.45) is 2.32. The number of hydrogen-bond donors (Lipinski definition) is 1. The molecule has 116 valence electrons. The van der Waals surface area contributed by atoms with E-state index in [9.17, 15) is 5.11 Å². The van der Waals surface area contributed by atoms with E-state index < -0.39 is 0 Å². The minimum Gasteiger partial charge on any atom is -0.395 e. The first-order valence-corrected chi connectivity index (χ1v) is 8.87. The lowest BCUT2D eigenvalue weighted by molar-refractivity contribution is 0.00182. The number of hydrogen-bond acceptors (Lipinski definition) is 5. The van der Waals surface area contributed by atoms with E-state index in [1.54, 1.807) is 11.3 Å². The maximum Gasteiger partial charge on any atom is 0.126 e. The summed E-state index contributed by atoms with van der Waals surface area (Å²) >= 11 is 1.73. The summed E-state index contributed by atoms with van der Waals surface area (Å²) in [6.45, 7) is 4.41. The molecule has 4 nitrogen and oxygen atoms in total. The first-order valence-electron chi connectivity index (χ1n) is 7.99. The Morgan fingerprint density at radius 3 is 3.00 bits per heavy atom. The molecule has 0 aliphatic carbocycles. The van der Waals surface area contributed by atoms with Crippen LogP contribution < -0.4 is 0 Å². The molecular formula is C17H21N3OS. The van der Waals surface area contributed by atoms with Crippen molar-refractivity contribution in [2.75, 3.05) is 19.7 Å². The first-order chi connectivity index (χ1) is 10.7. The molecule has 0 amide bonds. The molecular weight excluding hydrogens is 294 g/mol. The molecule has 5 heteroatoms. The lowest BCUT2D eigenvalue weighted by Crippen LogP contribution is -2.53. The number of thiophene rings is 1. The molecule has 3 aliphatic heterocycles. The summed E-state index contributed by atoms with van der Waals surface area (Å²) in [5.41, 5.74) is 2.23. The number of aromatic nitrogens is 2. The molecule has 0 spiro atoms. The van der Waals surface area contributed by atoms with Gasteiger partial charge in [0.15, 0.2) is 0 Å². The predicted molar refractivity (Wildman–Crippen MR) is 88.0 cm³/mol. The van der Waals surface area contributed by atoms with E-state index in [1.165, 1.54) is 17.0 Å². The fourth-order valence-corrected chi connectivity index (χ4v) is 4.68. The van der Waals surface area contributed by atoms with Crippen LogP contribution in [-0.2, 0) is 0 Å². The van der Waals surface area contributed by atoms with Crippen LogP contribution in [0.1, 0.15) is 30.3 Å². The highest BCUT2D eigenvalue weighted by Gasteiger charge is 2.41. The van der Waals surface area contributed by atoms with E-state index in [0.29, 0.717) is 17.9 Å². The highest BCUT2D eigenvalue weighted by Crippen LogP contribution is 2.41. The molecule has 1 N–H and O–H groups in total. The molecule has 1 unspecified atom stereocenters. The number of aliphatic hydroxyl groups is 1. The van der Waals surface area contributed by atoms with Gasteiger partial charge in [0, 0.05) is 24.2 Å². The highest BCUT2D eigenvalue weighted by atomic mass is 32.1. The van der Waals surface area contributed by atoms with Crippen molar-refractivity contribution < 1.29 is 5.11 Å². The van der Waals surface area contributed by atoms with Gasteiger partial charge in [0.05, 0.1) is 17.2 Å². The molecule has 4 atom stereocenters. The largest absolute Gasteiger partial charge is 0.395 e. The van der Waals surface area contributed by atoms with Gasteiger partial charge in [0.2, 0.25) is 0 Å². The fraction of sp³-hybridized carbons (Fsp3) is 0.529. The first kappa shape index (κ1) is 14.3. The van der Waals surface area contributed by atoms with Crippen molar-refractivity contribution in [2.24, 2.45) is 5.92 Å². The van der Waals surface area contributed by atoms with E-state index in [-0.39, 0.29) is 6.61 Å². The smallest absolute Gasteiger partial charge is 0.126 e. The van der Waals surface area contributed by atoms with Crippen LogP contribution in [-0.4, -0.2) is 45.7 Å². The lowest BCUT2D eigenvalue weighted by atomic mass is 9.74. The van der Waals surface area contributed by atoms with Crippen LogP contribution in [0.3, 0.4) is 0 Å². The highest BCUT2D eigenvalue weighted by molar-refractivity contribution is 7.13. The van der Waals surface area contributed by atoms with Gasteiger partial charge in [-0.25, -0.2) is 9.97 Å². The number of fused-ring (bicyclic) bond motifs is 3. The third-order valence-electron chi connectivity index (χ3n) is 5.10. The molecule has 0 saturated carbocycles. The molecule has 5 heterocycles. The van der Waals surface area contributed by atoms with Gasteiger partial charge in [-0.2, -0.15) is 0 Å². The van der Waals surface area contributed by atoms with Crippen molar-refractivity contribution in [3.8, 4) is 10.6 Å². The Labute approximate surface area is 134 Å². The Bertz CT molecular complexity index is 658. The molecule has 0 radical (unpaired) electrons. The summed E-state index contributed by atoms with van der Waals surface area (Å²) in [6, 6.07) is 6.72. The average molecular weight is 315 g/mol. The number of piperidine rings is 3. The minimum atomic E-state index is 0.284. The molecule has 2 bridgehead atoms. The molecule has 2 aromatic rings. The van der Waals surface area contributed by atoms with Crippen LogP contribution in [0.15, 0.2) is 23.6 Å². The second-order valence-corrected chi connectivity index (χ2v) is 7.37. The van der Waals surface area contributed by atoms with E-state index in [4.69, 9.17) is 4.98 Å². The zero-order chi connectivity index (χ0) is 15.1. The molecule has 0 aromatic carbocycles. The van der Waals surface area contributed by atoms with Crippen molar-refractivity contribution >= 4 is 11.3 Å². The second-order valence-electron chi connectivity index (χ2n) is 6.42. The Kier molecular flexibility index (Phi) is 3.72. The van der Waals surface area contributed by atoms with E-state index in [0.717, 1.165) is 31.0 Å². The Morgan fingerprint density at radius 1 is 1.41 bits per heavy atom. The SMILES string of the molecule is Cc1nc(-c2cccs2)cc([C@@H]2CN3CC[C@H]2C[C@@H]3CO)n1. The molecule has 3 aliphatic rings. The van der Waals surface area contributed by atoms with Gasteiger partial charge in [0.1, 0.15) is 5.82 Å². The van der Waals surface area contributed by atoms with Gasteiger partial charge in [-0.15, -0.1) is 11.3 Å². The zero-order valence-electron chi connectivity index (χ0n) is 12.8. The normalized spacial score (nSPS) is 30.6. The topological polar surface area (TPSA) is 49.2 Å². The van der Waals surface area contributed by atoms with Gasteiger partial charge < -0.3 is 5.11 Å².